The summed E-state index contributed by atoms with van der Waals surface area (Å²) in [4.78, 5) is 15.7. The zero-order valence-electron chi connectivity index (χ0n) is 13.6. The maximum absolute atomic E-state index is 12.2. The normalized spacial score (nSPS) is 15.9. The molecule has 2 N–H and O–H groups in total. The van der Waals surface area contributed by atoms with Crippen LogP contribution in [0.25, 0.3) is 0 Å². The zero-order chi connectivity index (χ0) is 16.7. The van der Waals surface area contributed by atoms with Gasteiger partial charge in [-0.1, -0.05) is 12.1 Å². The molecule has 0 saturated carbocycles. The molecule has 1 aromatic rings. The Morgan fingerprint density at radius 1 is 1.39 bits per heavy atom. The van der Waals surface area contributed by atoms with E-state index < -0.39 is 0 Å². The fourth-order valence-corrected chi connectivity index (χ4v) is 2.38. The van der Waals surface area contributed by atoms with Gasteiger partial charge in [-0.3, -0.25) is 4.79 Å². The number of hydrogen-bond donors (Lipinski definition) is 2. The highest BCUT2D eigenvalue weighted by molar-refractivity contribution is 5.97. The summed E-state index contributed by atoms with van der Waals surface area (Å²) in [6, 6.07) is 9.45. The average molecular weight is 315 g/mol. The second-order valence-corrected chi connectivity index (χ2v) is 5.68. The lowest BCUT2D eigenvalue weighted by Gasteiger charge is -2.29. The van der Waals surface area contributed by atoms with E-state index in [1.54, 1.807) is 13.3 Å². The van der Waals surface area contributed by atoms with Crippen molar-refractivity contribution in [1.82, 2.24) is 10.2 Å². The molecule has 1 aromatic carbocycles. The Bertz CT molecular complexity index is 596. The molecule has 0 bridgehead atoms. The minimum atomic E-state index is -0.338. The molecule has 1 aliphatic heterocycles. The number of rotatable bonds is 5. The Hall–Kier alpha value is -2.52. The topological polar surface area (TPSA) is 69.8 Å². The van der Waals surface area contributed by atoms with Crippen LogP contribution in [0.3, 0.4) is 0 Å². The zero-order valence-corrected chi connectivity index (χ0v) is 13.6. The second-order valence-electron chi connectivity index (χ2n) is 5.68. The Labute approximate surface area is 136 Å². The lowest BCUT2D eigenvalue weighted by atomic mass is 10.2. The van der Waals surface area contributed by atoms with Crippen LogP contribution >= 0.6 is 0 Å². The van der Waals surface area contributed by atoms with Gasteiger partial charge in [-0.25, -0.2) is 0 Å². The van der Waals surface area contributed by atoms with E-state index in [0.29, 0.717) is 6.54 Å². The molecule has 122 valence electrons. The maximum Gasteiger partial charge on any atom is 0.263 e. The van der Waals surface area contributed by atoms with Gasteiger partial charge in [0.1, 0.15) is 17.4 Å². The van der Waals surface area contributed by atoms with Gasteiger partial charge in [0.05, 0.1) is 40.3 Å². The van der Waals surface area contributed by atoms with Gasteiger partial charge in [0, 0.05) is 12.7 Å². The van der Waals surface area contributed by atoms with Crippen molar-refractivity contribution in [3.63, 3.8) is 0 Å². The fraction of sp³-hybridized carbons (Fsp3) is 0.412. The Kier molecular flexibility index (Phi) is 6.01. The third-order valence-electron chi connectivity index (χ3n) is 3.94. The van der Waals surface area contributed by atoms with Crippen molar-refractivity contribution in [2.75, 3.05) is 40.3 Å². The molecule has 1 saturated heterocycles. The Morgan fingerprint density at radius 2 is 2.04 bits per heavy atom. The van der Waals surface area contributed by atoms with Crippen molar-refractivity contribution < 1.29 is 14.4 Å². The molecule has 1 aliphatic rings. The minimum Gasteiger partial charge on any atom is -0.497 e. The summed E-state index contributed by atoms with van der Waals surface area (Å²) < 4.78 is 5.10. The van der Waals surface area contributed by atoms with Gasteiger partial charge >= 0.3 is 0 Å². The molecular weight excluding hydrogens is 292 g/mol. The number of likely N-dealkylation sites (N-methyl/N-ethyl adjacent to an activating group) is 1. The van der Waals surface area contributed by atoms with Crippen molar-refractivity contribution in [2.45, 2.75) is 6.54 Å². The third kappa shape index (κ3) is 5.01. The molecule has 6 heteroatoms. The Morgan fingerprint density at radius 3 is 2.61 bits per heavy atom. The summed E-state index contributed by atoms with van der Waals surface area (Å²) in [6.45, 7) is 4.14. The molecule has 1 heterocycles. The average Bonchev–Trinajstić information content (AvgIpc) is 2.59. The number of hydrogen-bond acceptors (Lipinski definition) is 4. The Balaban J connectivity index is 1.90. The molecule has 0 aromatic heterocycles. The van der Waals surface area contributed by atoms with E-state index in [1.807, 2.05) is 35.2 Å². The summed E-state index contributed by atoms with van der Waals surface area (Å²) >= 11 is 0. The number of amides is 1. The van der Waals surface area contributed by atoms with Crippen molar-refractivity contribution in [1.29, 1.82) is 5.26 Å². The van der Waals surface area contributed by atoms with E-state index in [4.69, 9.17) is 4.74 Å². The van der Waals surface area contributed by atoms with Gasteiger partial charge in [-0.2, -0.15) is 5.26 Å². The summed E-state index contributed by atoms with van der Waals surface area (Å²) in [5.41, 5.74) is 1.11. The molecule has 1 amide bonds. The number of ether oxygens (including phenoxy) is 1. The molecule has 0 spiro atoms. The molecule has 23 heavy (non-hydrogen) atoms. The SMILES string of the molecule is COc1ccc(CNC(=O)/C(C#N)=C/N2CC[NH+](C)CC2)cc1. The number of nitrogens with zero attached hydrogens (tertiary/aromatic N) is 2. The first-order chi connectivity index (χ1) is 11.1. The van der Waals surface area contributed by atoms with E-state index in [-0.39, 0.29) is 11.5 Å². The number of carbonyl (C=O) groups excluding carboxylic acids is 1. The van der Waals surface area contributed by atoms with E-state index in [1.165, 1.54) is 4.90 Å². The summed E-state index contributed by atoms with van der Waals surface area (Å²) in [5.74, 6) is 0.435. The molecule has 0 aliphatic carbocycles. The van der Waals surface area contributed by atoms with E-state index in [0.717, 1.165) is 37.5 Å². The van der Waals surface area contributed by atoms with E-state index in [2.05, 4.69) is 12.4 Å². The highest BCUT2D eigenvalue weighted by atomic mass is 16.5. The summed E-state index contributed by atoms with van der Waals surface area (Å²) in [7, 11) is 3.76. The van der Waals surface area contributed by atoms with Crippen LogP contribution in [0.4, 0.5) is 0 Å². The summed E-state index contributed by atoms with van der Waals surface area (Å²) in [5, 5.41) is 12.0. The number of nitriles is 1. The number of quaternary nitrogens is 1. The predicted molar refractivity (Wildman–Crippen MR) is 86.7 cm³/mol. The molecule has 0 unspecified atom stereocenters. The minimum absolute atomic E-state index is 0.151. The maximum atomic E-state index is 12.2. The van der Waals surface area contributed by atoms with Crippen LogP contribution in [-0.4, -0.2) is 51.1 Å². The number of methoxy groups -OCH3 is 1. The van der Waals surface area contributed by atoms with Gasteiger partial charge in [-0.15, -0.1) is 0 Å². The van der Waals surface area contributed by atoms with Gasteiger partial charge in [0.15, 0.2) is 0 Å². The number of carbonyl (C=O) groups is 1. The molecule has 2 rings (SSSR count). The van der Waals surface area contributed by atoms with Crippen molar-refractivity contribution in [2.24, 2.45) is 0 Å². The fourth-order valence-electron chi connectivity index (χ4n) is 2.38. The highest BCUT2D eigenvalue weighted by Crippen LogP contribution is 2.11. The van der Waals surface area contributed by atoms with Crippen LogP contribution < -0.4 is 15.0 Å². The largest absolute Gasteiger partial charge is 0.497 e. The third-order valence-corrected chi connectivity index (χ3v) is 3.94. The number of benzene rings is 1. The monoisotopic (exact) mass is 315 g/mol. The predicted octanol–water partition coefficient (Wildman–Crippen LogP) is -0.451. The summed E-state index contributed by atoms with van der Waals surface area (Å²) in [6.07, 6.45) is 1.68. The molecule has 0 radical (unpaired) electrons. The van der Waals surface area contributed by atoms with E-state index >= 15 is 0 Å². The smallest absolute Gasteiger partial charge is 0.263 e. The molecule has 0 atom stereocenters. The second kappa shape index (κ2) is 8.20. The first-order valence-electron chi connectivity index (χ1n) is 7.71. The number of piperazine rings is 1. The van der Waals surface area contributed by atoms with E-state index in [9.17, 15) is 10.1 Å². The lowest BCUT2D eigenvalue weighted by Crippen LogP contribution is -3.11. The van der Waals surface area contributed by atoms with Crippen molar-refractivity contribution in [3.05, 3.63) is 41.6 Å². The van der Waals surface area contributed by atoms with Gasteiger partial charge in [-0.05, 0) is 17.7 Å². The van der Waals surface area contributed by atoms with Crippen molar-refractivity contribution >= 4 is 5.91 Å². The quantitative estimate of drug-likeness (QED) is 0.570. The molecular formula is C17H23N4O2+. The van der Waals surface area contributed by atoms with Crippen LogP contribution in [0.15, 0.2) is 36.0 Å². The first-order valence-corrected chi connectivity index (χ1v) is 7.71. The van der Waals surface area contributed by atoms with Crippen LogP contribution in [0, 0.1) is 11.3 Å². The van der Waals surface area contributed by atoms with Gasteiger partial charge in [0.2, 0.25) is 0 Å². The van der Waals surface area contributed by atoms with Crippen LogP contribution in [0.1, 0.15) is 5.56 Å². The molecule has 1 fully saturated rings. The van der Waals surface area contributed by atoms with Gasteiger partial charge in [0.25, 0.3) is 5.91 Å². The van der Waals surface area contributed by atoms with Crippen LogP contribution in [0.5, 0.6) is 5.75 Å². The highest BCUT2D eigenvalue weighted by Gasteiger charge is 2.16. The lowest BCUT2D eigenvalue weighted by molar-refractivity contribution is -0.883. The van der Waals surface area contributed by atoms with Crippen molar-refractivity contribution in [3.8, 4) is 11.8 Å². The van der Waals surface area contributed by atoms with Crippen LogP contribution in [0.2, 0.25) is 0 Å². The molecule has 6 nitrogen and oxygen atoms in total. The van der Waals surface area contributed by atoms with Gasteiger partial charge < -0.3 is 19.9 Å². The number of nitrogens with one attached hydrogen (secondary N) is 2. The first kappa shape index (κ1) is 16.8. The standard InChI is InChI=1S/C17H22N4O2/c1-20-7-9-21(10-8-20)13-15(11-18)17(22)19-12-14-3-5-16(23-2)6-4-14/h3-6,13H,7-10,12H2,1-2H3,(H,19,22)/p+1/b15-13+. The van der Waals surface area contributed by atoms with Crippen LogP contribution in [-0.2, 0) is 11.3 Å².